The Morgan fingerprint density at radius 2 is 1.96 bits per heavy atom. The number of nitrogens with one attached hydrogen (secondary N) is 2. The highest BCUT2D eigenvalue weighted by Crippen LogP contribution is 2.38. The quantitative estimate of drug-likeness (QED) is 0.180. The zero-order valence-corrected chi connectivity index (χ0v) is 25.6. The van der Waals surface area contributed by atoms with Gasteiger partial charge in [0.25, 0.3) is 0 Å². The number of nitrogens with zero attached hydrogens (tertiary/aromatic N) is 4. The summed E-state index contributed by atoms with van der Waals surface area (Å²) in [7, 11) is 0. The minimum Gasteiger partial charge on any atom is -0.481 e. The van der Waals surface area contributed by atoms with Crippen LogP contribution in [-0.2, 0) is 11.3 Å². The Balaban J connectivity index is 1.34. The number of Topliss-reactive ketones (excluding diaryl/α,β-unsaturated/α-hetero) is 1. The van der Waals surface area contributed by atoms with E-state index in [9.17, 15) is 14.7 Å². The molecule has 6 bridgehead atoms. The van der Waals surface area contributed by atoms with Crippen LogP contribution in [0.5, 0.6) is 11.5 Å². The molecule has 0 spiro atoms. The number of aliphatic carboxylic acids is 1. The van der Waals surface area contributed by atoms with Gasteiger partial charge in [-0.15, -0.1) is 5.10 Å². The van der Waals surface area contributed by atoms with Gasteiger partial charge in [-0.3, -0.25) is 9.59 Å². The van der Waals surface area contributed by atoms with E-state index in [2.05, 4.69) is 25.3 Å². The van der Waals surface area contributed by atoms with E-state index in [0.29, 0.717) is 41.4 Å². The molecule has 6 aromatic rings. The van der Waals surface area contributed by atoms with Gasteiger partial charge in [-0.25, -0.2) is 22.8 Å². The first-order chi connectivity index (χ1) is 23.2. The zero-order valence-electron chi connectivity index (χ0n) is 25.6. The number of fused-ring (bicyclic) bond motifs is 10. The second-order valence-electron chi connectivity index (χ2n) is 11.9. The number of rotatable bonds is 3. The Morgan fingerprint density at radius 3 is 2.79 bits per heavy atom. The third-order valence-electron chi connectivity index (χ3n) is 8.81. The Morgan fingerprint density at radius 1 is 1.10 bits per heavy atom. The number of ether oxygens (including phenoxy) is 1. The fourth-order valence-electron chi connectivity index (χ4n) is 6.22. The molecular weight excluding hydrogens is 625 g/mol. The van der Waals surface area contributed by atoms with Crippen LogP contribution in [0.2, 0.25) is 0 Å². The van der Waals surface area contributed by atoms with E-state index in [4.69, 9.17) is 4.74 Å². The minimum absolute atomic E-state index is 0.0319. The third kappa shape index (κ3) is 5.72. The molecule has 0 saturated heterocycles. The first kappa shape index (κ1) is 30.9. The van der Waals surface area contributed by atoms with Gasteiger partial charge in [-0.05, 0) is 49.6 Å². The SMILES string of the molecule is CC(C(=O)O)c1cccc(C2CCCCC(=O)c3cn(nn3)Cc3c(c(F)cc4[nH]ccc34)Oc3ccc(F)c(c3)-c3ncc2[nH]3)c1F. The second kappa shape index (κ2) is 12.5. The topological polar surface area (TPSA) is 139 Å². The smallest absolute Gasteiger partial charge is 0.310 e. The standard InChI is InChI=1S/C35H29F3N6O4/c1-18(35(46)47)20-6-4-7-23(32(20)38)21-5-2-3-8-31(45)30-17-44(43-42-30)16-25-22-11-12-39-28(22)14-27(37)33(25)48-19-9-10-26(36)24(13-19)34-40-15-29(21)41-34/h4,6-7,9-15,17-18,21,39H,2-3,5,8,16H2,1H3,(H,40,41)(H,46,47). The molecule has 4 heterocycles. The molecule has 1 aliphatic heterocycles. The highest BCUT2D eigenvalue weighted by Gasteiger charge is 2.27. The summed E-state index contributed by atoms with van der Waals surface area (Å²) in [6.07, 6.45) is 6.10. The van der Waals surface area contributed by atoms with Crippen LogP contribution in [-0.4, -0.2) is 46.8 Å². The van der Waals surface area contributed by atoms with Crippen molar-refractivity contribution in [1.82, 2.24) is 29.9 Å². The molecule has 3 aromatic carbocycles. The molecule has 3 aromatic heterocycles. The number of carbonyl (C=O) groups is 2. The van der Waals surface area contributed by atoms with Crippen LogP contribution in [0.25, 0.3) is 22.3 Å². The van der Waals surface area contributed by atoms with Crippen molar-refractivity contribution >= 4 is 22.7 Å². The molecule has 2 atom stereocenters. The fraction of sp³-hybridized carbons (Fsp3) is 0.229. The molecule has 13 heteroatoms. The molecule has 0 aliphatic carbocycles. The van der Waals surface area contributed by atoms with Crippen molar-refractivity contribution < 1.29 is 32.6 Å². The summed E-state index contributed by atoms with van der Waals surface area (Å²) in [6.45, 7) is 1.44. The van der Waals surface area contributed by atoms with E-state index >= 15 is 13.2 Å². The third-order valence-corrected chi connectivity index (χ3v) is 8.81. The summed E-state index contributed by atoms with van der Waals surface area (Å²) in [5.41, 5.74) is 1.90. The Hall–Kier alpha value is -5.72. The number of H-pyrrole nitrogens is 2. The monoisotopic (exact) mass is 654 g/mol. The number of hydrogen-bond donors (Lipinski definition) is 3. The molecule has 244 valence electrons. The van der Waals surface area contributed by atoms with Crippen molar-refractivity contribution in [2.75, 3.05) is 0 Å². The molecule has 1 aliphatic rings. The number of carbonyl (C=O) groups excluding carboxylic acids is 1. The molecule has 10 nitrogen and oxygen atoms in total. The van der Waals surface area contributed by atoms with Crippen molar-refractivity contribution in [1.29, 1.82) is 0 Å². The van der Waals surface area contributed by atoms with Crippen LogP contribution in [0.15, 0.2) is 67.1 Å². The van der Waals surface area contributed by atoms with Crippen LogP contribution in [0.1, 0.15) is 77.3 Å². The van der Waals surface area contributed by atoms with Gasteiger partial charge in [-0.1, -0.05) is 29.8 Å². The average molecular weight is 655 g/mol. The summed E-state index contributed by atoms with van der Waals surface area (Å²) < 4.78 is 54.4. The summed E-state index contributed by atoms with van der Waals surface area (Å²) in [4.78, 5) is 35.3. The number of carboxylic acids is 1. The van der Waals surface area contributed by atoms with Crippen LogP contribution in [0, 0.1) is 17.5 Å². The van der Waals surface area contributed by atoms with Crippen LogP contribution >= 0.6 is 0 Å². The predicted molar refractivity (Wildman–Crippen MR) is 169 cm³/mol. The van der Waals surface area contributed by atoms with Crippen molar-refractivity contribution in [3.8, 4) is 22.9 Å². The fourth-order valence-corrected chi connectivity index (χ4v) is 6.22. The number of ketones is 1. The summed E-state index contributed by atoms with van der Waals surface area (Å²) in [5, 5.41) is 18.4. The number of halogens is 3. The summed E-state index contributed by atoms with van der Waals surface area (Å²) in [6, 6.07) is 11.6. The maximum Gasteiger partial charge on any atom is 0.310 e. The number of carboxylic acid groups (broad SMARTS) is 1. The van der Waals surface area contributed by atoms with E-state index in [1.165, 1.54) is 54.3 Å². The van der Waals surface area contributed by atoms with Gasteiger partial charge in [0, 0.05) is 58.5 Å². The van der Waals surface area contributed by atoms with E-state index in [1.807, 2.05) is 0 Å². The lowest BCUT2D eigenvalue weighted by molar-refractivity contribution is -0.138. The van der Waals surface area contributed by atoms with Gasteiger partial charge >= 0.3 is 5.97 Å². The molecule has 3 N–H and O–H groups in total. The van der Waals surface area contributed by atoms with Crippen molar-refractivity contribution in [3.05, 3.63) is 113 Å². The zero-order chi connectivity index (χ0) is 33.5. The van der Waals surface area contributed by atoms with E-state index < -0.39 is 35.3 Å². The molecule has 48 heavy (non-hydrogen) atoms. The number of aromatic nitrogens is 6. The molecule has 0 saturated carbocycles. The molecular formula is C35H29F3N6O4. The predicted octanol–water partition coefficient (Wildman–Crippen LogP) is 7.48. The van der Waals surface area contributed by atoms with Gasteiger partial charge in [-0.2, -0.15) is 0 Å². The first-order valence-electron chi connectivity index (χ1n) is 15.4. The van der Waals surface area contributed by atoms with Crippen LogP contribution in [0.3, 0.4) is 0 Å². The Bertz CT molecular complexity index is 2190. The van der Waals surface area contributed by atoms with Crippen molar-refractivity contribution in [2.24, 2.45) is 0 Å². The highest BCUT2D eigenvalue weighted by atomic mass is 19.1. The number of hydrogen-bond acceptors (Lipinski definition) is 6. The lowest BCUT2D eigenvalue weighted by Gasteiger charge is -2.19. The van der Waals surface area contributed by atoms with Gasteiger partial charge in [0.2, 0.25) is 0 Å². The lowest BCUT2D eigenvalue weighted by atomic mass is 9.87. The van der Waals surface area contributed by atoms with Crippen molar-refractivity contribution in [3.63, 3.8) is 0 Å². The Kier molecular flexibility index (Phi) is 8.03. The van der Waals surface area contributed by atoms with E-state index in [-0.39, 0.29) is 58.5 Å². The average Bonchev–Trinajstić information content (AvgIpc) is 3.85. The van der Waals surface area contributed by atoms with Gasteiger partial charge in [0.05, 0.1) is 24.2 Å². The van der Waals surface area contributed by atoms with Crippen LogP contribution < -0.4 is 4.74 Å². The second-order valence-corrected chi connectivity index (χ2v) is 11.9. The lowest BCUT2D eigenvalue weighted by Crippen LogP contribution is -2.13. The van der Waals surface area contributed by atoms with Gasteiger partial charge in [0.1, 0.15) is 28.9 Å². The van der Waals surface area contributed by atoms with Crippen molar-refractivity contribution in [2.45, 2.75) is 51.0 Å². The molecule has 0 fully saturated rings. The normalized spacial score (nSPS) is 16.0. The Labute approximate surface area is 271 Å². The largest absolute Gasteiger partial charge is 0.481 e. The molecule has 0 amide bonds. The highest BCUT2D eigenvalue weighted by molar-refractivity contribution is 5.93. The summed E-state index contributed by atoms with van der Waals surface area (Å²) >= 11 is 0. The van der Waals surface area contributed by atoms with E-state index in [0.717, 1.165) is 0 Å². The number of benzene rings is 3. The maximum absolute atomic E-state index is 16.0. The number of aromatic amines is 2. The number of imidazole rings is 1. The van der Waals surface area contributed by atoms with Gasteiger partial charge < -0.3 is 19.8 Å². The summed E-state index contributed by atoms with van der Waals surface area (Å²) in [5.74, 6) is -4.90. The molecule has 0 radical (unpaired) electrons. The molecule has 7 rings (SSSR count). The van der Waals surface area contributed by atoms with Crippen LogP contribution in [0.4, 0.5) is 13.2 Å². The molecule has 2 unspecified atom stereocenters. The van der Waals surface area contributed by atoms with E-state index in [1.54, 1.807) is 24.4 Å². The van der Waals surface area contributed by atoms with Gasteiger partial charge in [0.15, 0.2) is 17.3 Å². The maximum atomic E-state index is 16.0. The minimum atomic E-state index is -1.16. The first-order valence-corrected chi connectivity index (χ1v) is 15.4.